The van der Waals surface area contributed by atoms with E-state index >= 15 is 0 Å². The lowest BCUT2D eigenvalue weighted by Crippen LogP contribution is -2.28. The molecular weight excluding hydrogens is 887 g/mol. The highest BCUT2D eigenvalue weighted by Crippen LogP contribution is 2.34. The van der Waals surface area contributed by atoms with E-state index < -0.39 is 0 Å². The van der Waals surface area contributed by atoms with Gasteiger partial charge in [-0.25, -0.2) is 9.97 Å². The lowest BCUT2D eigenvalue weighted by atomic mass is 10.0. The normalized spacial score (nSPS) is 17.3. The van der Waals surface area contributed by atoms with Gasteiger partial charge < -0.3 is 48.4 Å². The Morgan fingerprint density at radius 1 is 0.652 bits per heavy atom. The number of unbranched alkanes of at least 4 members (excludes halogenated alkanes) is 1. The molecule has 4 aliphatic rings. The molecule has 0 aliphatic carbocycles. The first-order valence-corrected chi connectivity index (χ1v) is 22.8. The number of ketones is 2. The molecule has 6 heterocycles. The molecule has 0 saturated carbocycles. The number of fused-ring (bicyclic) bond motifs is 4. The Kier molecular flexibility index (Phi) is 14.9. The molecule has 0 spiro atoms. The van der Waals surface area contributed by atoms with Crippen molar-refractivity contribution < 1.29 is 42.9 Å². The van der Waals surface area contributed by atoms with Crippen LogP contribution in [-0.4, -0.2) is 95.3 Å². The Balaban J connectivity index is 0.000000154. The number of carbonyl (C=O) groups is 5. The van der Waals surface area contributed by atoms with E-state index in [-0.39, 0.29) is 59.7 Å². The molecule has 2 amide bonds. The van der Waals surface area contributed by atoms with Gasteiger partial charge in [0.1, 0.15) is 42.5 Å². The molecule has 6 aromatic rings. The first-order valence-electron chi connectivity index (χ1n) is 22.8. The van der Waals surface area contributed by atoms with Crippen LogP contribution in [-0.2, 0) is 49.9 Å². The monoisotopic (exact) mass is 939 g/mol. The van der Waals surface area contributed by atoms with Crippen LogP contribution in [0.15, 0.2) is 94.8 Å². The molecule has 10 rings (SSSR count). The number of benzene rings is 4. The van der Waals surface area contributed by atoms with Crippen molar-refractivity contribution in [3.05, 3.63) is 117 Å². The predicted octanol–water partition coefficient (Wildman–Crippen LogP) is 4.38. The van der Waals surface area contributed by atoms with Gasteiger partial charge in [0.2, 0.25) is 11.8 Å². The van der Waals surface area contributed by atoms with Crippen LogP contribution < -0.4 is 45.6 Å². The van der Waals surface area contributed by atoms with Crippen LogP contribution in [0.3, 0.4) is 0 Å². The fraction of sp³-hybridized carbons (Fsp3) is 0.353. The number of carbonyl (C=O) groups excluding carboxylic acids is 5. The second-order valence-corrected chi connectivity index (χ2v) is 17.3. The number of rotatable bonds is 12. The summed E-state index contributed by atoms with van der Waals surface area (Å²) >= 11 is 0. The third kappa shape index (κ3) is 11.2. The lowest BCUT2D eigenvalue weighted by molar-refractivity contribution is -0.122. The number of aromatic nitrogens is 4. The Hall–Kier alpha value is -7.73. The molecule has 0 radical (unpaired) electrons. The van der Waals surface area contributed by atoms with Crippen LogP contribution >= 0.6 is 0 Å². The average molecular weight is 940 g/mol. The zero-order valence-corrected chi connectivity index (χ0v) is 38.5. The van der Waals surface area contributed by atoms with Crippen molar-refractivity contribution in [1.29, 1.82) is 0 Å². The summed E-state index contributed by atoms with van der Waals surface area (Å²) in [6, 6.07) is 21.9. The average Bonchev–Trinajstić information content (AvgIpc) is 3.91. The highest BCUT2D eigenvalue weighted by molar-refractivity contribution is 5.97. The van der Waals surface area contributed by atoms with Gasteiger partial charge in [0.25, 0.3) is 11.1 Å². The zero-order valence-electron chi connectivity index (χ0n) is 38.5. The van der Waals surface area contributed by atoms with Gasteiger partial charge in [-0.2, -0.15) is 0 Å². The second-order valence-electron chi connectivity index (χ2n) is 17.3. The minimum absolute atomic E-state index is 0.0329. The Bertz CT molecular complexity index is 3060. The van der Waals surface area contributed by atoms with Crippen molar-refractivity contribution in [3.8, 4) is 23.0 Å². The van der Waals surface area contributed by atoms with Gasteiger partial charge >= 0.3 is 0 Å². The third-order valence-electron chi connectivity index (χ3n) is 12.4. The van der Waals surface area contributed by atoms with Gasteiger partial charge in [0, 0.05) is 99.0 Å². The molecule has 0 bridgehead atoms. The smallest absolute Gasteiger partial charge is 0.269 e. The van der Waals surface area contributed by atoms with Crippen LogP contribution in [0, 0.1) is 5.92 Å². The number of ether oxygens (including phenoxy) is 4. The number of aryl methyl sites for hydroxylation is 2. The molecule has 18 nitrogen and oxygen atoms in total. The first kappa shape index (κ1) is 47.8. The van der Waals surface area contributed by atoms with Gasteiger partial charge in [0.05, 0.1) is 48.7 Å². The number of amides is 2. The SMILES string of the molecule is COc1ccc2ncc(=O)n(CCC=O)c2c1.COc1ccc2ncc(=O)n(CCCCC3CC(=O)N(c4ccc5c(c4)CC(=O)CO5)C3)c2c1.NC1CC(=O)N(c2ccc3c(c2)CC(=O)CO3)C1. The summed E-state index contributed by atoms with van der Waals surface area (Å²) < 4.78 is 24.5. The van der Waals surface area contributed by atoms with Crippen molar-refractivity contribution >= 4 is 63.1 Å². The second kappa shape index (κ2) is 21.5. The largest absolute Gasteiger partial charge is 0.497 e. The maximum atomic E-state index is 12.7. The summed E-state index contributed by atoms with van der Waals surface area (Å²) in [6.45, 7) is 2.41. The van der Waals surface area contributed by atoms with Crippen molar-refractivity contribution in [1.82, 2.24) is 19.1 Å². The summed E-state index contributed by atoms with van der Waals surface area (Å²) in [5.74, 6) is 3.33. The lowest BCUT2D eigenvalue weighted by Gasteiger charge is -2.21. The number of nitrogens with zero attached hydrogens (tertiary/aromatic N) is 6. The topological polar surface area (TPSA) is 225 Å². The molecule has 4 aliphatic heterocycles. The standard InChI is InChI=1S/C26H27N3O5.C13H14N2O3.C12H12N2O3/c1-33-21-6-7-22-23(13-21)28(26(32)14-27-22)9-3-2-4-17-10-25(31)29(15-17)19-5-8-24-18(11-19)12-20(30)16-34-24;14-9-5-13(17)15(6-9)10-1-2-12-8(3-10)4-11(16)7-18-12;1-17-9-3-4-10-11(7-9)14(5-2-6-15)12(16)8-13-10/h5-8,11,13-14,17H,2-4,9-10,12,15-16H2,1H3;1-3,9H,4-7,14H2;3-4,6-8H,2,5H2,1H3. The summed E-state index contributed by atoms with van der Waals surface area (Å²) in [4.78, 5) is 93.8. The molecule has 2 atom stereocenters. The number of hydrogen-bond donors (Lipinski definition) is 1. The van der Waals surface area contributed by atoms with Crippen LogP contribution in [0.2, 0.25) is 0 Å². The molecule has 2 fully saturated rings. The molecule has 69 heavy (non-hydrogen) atoms. The number of Topliss-reactive ketones (excluding diaryl/α,β-unsaturated/α-hetero) is 2. The Labute approximate surface area is 396 Å². The van der Waals surface area contributed by atoms with E-state index in [4.69, 9.17) is 24.7 Å². The van der Waals surface area contributed by atoms with Crippen LogP contribution in [0.5, 0.6) is 23.0 Å². The predicted molar refractivity (Wildman–Crippen MR) is 256 cm³/mol. The summed E-state index contributed by atoms with van der Waals surface area (Å²) in [6.07, 6.45) is 8.00. The van der Waals surface area contributed by atoms with Crippen LogP contribution in [0.25, 0.3) is 22.1 Å². The van der Waals surface area contributed by atoms with E-state index in [1.807, 2.05) is 59.5 Å². The van der Waals surface area contributed by atoms with Crippen molar-refractivity contribution in [2.24, 2.45) is 11.7 Å². The maximum Gasteiger partial charge on any atom is 0.269 e. The quantitative estimate of drug-likeness (QED) is 0.133. The van der Waals surface area contributed by atoms with Crippen molar-refractivity contribution in [3.63, 3.8) is 0 Å². The van der Waals surface area contributed by atoms with E-state index in [0.717, 1.165) is 70.6 Å². The molecule has 4 aromatic carbocycles. The zero-order chi connectivity index (χ0) is 48.6. The molecule has 358 valence electrons. The van der Waals surface area contributed by atoms with Gasteiger partial charge in [0.15, 0.2) is 11.6 Å². The van der Waals surface area contributed by atoms with Gasteiger partial charge in [-0.3, -0.25) is 28.8 Å². The minimum Gasteiger partial charge on any atom is -0.497 e. The Morgan fingerprint density at radius 3 is 1.68 bits per heavy atom. The van der Waals surface area contributed by atoms with Crippen molar-refractivity contribution in [2.45, 2.75) is 70.5 Å². The highest BCUT2D eigenvalue weighted by atomic mass is 16.5. The number of hydrogen-bond acceptors (Lipinski definition) is 14. The van der Waals surface area contributed by atoms with Gasteiger partial charge in [-0.05, 0) is 79.4 Å². The minimum atomic E-state index is -0.215. The third-order valence-corrected chi connectivity index (χ3v) is 12.4. The number of anilines is 2. The van der Waals surface area contributed by atoms with Crippen molar-refractivity contribution in [2.75, 3.05) is 50.3 Å². The summed E-state index contributed by atoms with van der Waals surface area (Å²) in [5, 5.41) is 0. The van der Waals surface area contributed by atoms with E-state index in [9.17, 15) is 33.6 Å². The van der Waals surface area contributed by atoms with Crippen LogP contribution in [0.4, 0.5) is 11.4 Å². The van der Waals surface area contributed by atoms with Crippen LogP contribution in [0.1, 0.15) is 49.7 Å². The molecule has 18 heteroatoms. The maximum absolute atomic E-state index is 12.7. The molecule has 2 unspecified atom stereocenters. The fourth-order valence-corrected chi connectivity index (χ4v) is 8.96. The fourth-order valence-electron chi connectivity index (χ4n) is 8.96. The Morgan fingerprint density at radius 2 is 1.17 bits per heavy atom. The summed E-state index contributed by atoms with van der Waals surface area (Å²) in [7, 11) is 3.16. The van der Waals surface area contributed by atoms with E-state index in [0.29, 0.717) is 80.8 Å². The molecular formula is C51H53N7O11. The molecule has 2 aromatic heterocycles. The van der Waals surface area contributed by atoms with E-state index in [1.165, 1.54) is 17.0 Å². The first-order chi connectivity index (χ1) is 33.4. The van der Waals surface area contributed by atoms with E-state index in [1.54, 1.807) is 41.9 Å². The number of aldehydes is 1. The van der Waals surface area contributed by atoms with Gasteiger partial charge in [-0.1, -0.05) is 6.42 Å². The summed E-state index contributed by atoms with van der Waals surface area (Å²) in [5.41, 5.74) is 11.7. The van der Waals surface area contributed by atoms with Gasteiger partial charge in [-0.15, -0.1) is 0 Å². The van der Waals surface area contributed by atoms with E-state index in [2.05, 4.69) is 9.97 Å². The number of nitrogens with two attached hydrogens (primary N) is 1. The molecule has 2 N–H and O–H groups in total. The number of methoxy groups -OCH3 is 2. The molecule has 2 saturated heterocycles. The highest BCUT2D eigenvalue weighted by Gasteiger charge is 2.32.